The maximum absolute atomic E-state index is 11.8. The molecular weight excluding hydrogens is 377 g/mol. The van der Waals surface area contributed by atoms with E-state index in [0.717, 1.165) is 23.9 Å². The minimum absolute atomic E-state index is 0.00863. The van der Waals surface area contributed by atoms with Gasteiger partial charge in [0, 0.05) is 19.2 Å². The number of hydrogen-bond acceptors (Lipinski definition) is 5. The van der Waals surface area contributed by atoms with Crippen molar-refractivity contribution >= 4 is 7.60 Å². The van der Waals surface area contributed by atoms with Crippen molar-refractivity contribution in [3.05, 3.63) is 0 Å². The van der Waals surface area contributed by atoms with E-state index < -0.39 is 13.7 Å². The summed E-state index contributed by atoms with van der Waals surface area (Å²) in [6.07, 6.45) is 12.4. The van der Waals surface area contributed by atoms with Crippen molar-refractivity contribution in [2.75, 3.05) is 53.7 Å². The van der Waals surface area contributed by atoms with Gasteiger partial charge in [0.1, 0.15) is 13.7 Å². The van der Waals surface area contributed by atoms with Crippen molar-refractivity contribution in [2.45, 2.75) is 83.7 Å². The van der Waals surface area contributed by atoms with Crippen LogP contribution in [0.25, 0.3) is 0 Å². The third-order valence-corrected chi connectivity index (χ3v) is 6.08. The molecule has 0 aliphatic rings. The molecule has 0 amide bonds. The molecule has 7 heteroatoms. The SMILES string of the molecule is CCCCCCCCCCCCOC[C@H](O)COP(=O)([O-])CCC[N+](C)(C)C. The highest BCUT2D eigenvalue weighted by Gasteiger charge is 2.15. The number of aliphatic hydroxyl groups excluding tert-OH is 1. The highest BCUT2D eigenvalue weighted by molar-refractivity contribution is 7.51. The topological polar surface area (TPSA) is 78.8 Å². The van der Waals surface area contributed by atoms with Gasteiger partial charge in [0.25, 0.3) is 0 Å². The molecule has 170 valence electrons. The molecule has 1 N–H and O–H groups in total. The van der Waals surface area contributed by atoms with Crippen LogP contribution in [0.4, 0.5) is 0 Å². The molecule has 0 aliphatic carbocycles. The normalized spacial score (nSPS) is 15.5. The number of ether oxygens (including phenoxy) is 1. The lowest BCUT2D eigenvalue weighted by Crippen LogP contribution is -2.36. The molecule has 0 saturated heterocycles. The predicted octanol–water partition coefficient (Wildman–Crippen LogP) is 3.95. The maximum atomic E-state index is 11.8. The molecule has 0 aromatic carbocycles. The second kappa shape index (κ2) is 16.8. The Labute approximate surface area is 173 Å². The highest BCUT2D eigenvalue weighted by Crippen LogP contribution is 2.37. The summed E-state index contributed by atoms with van der Waals surface area (Å²) in [5.74, 6) is 0. The van der Waals surface area contributed by atoms with E-state index in [9.17, 15) is 14.6 Å². The third kappa shape index (κ3) is 20.8. The summed E-state index contributed by atoms with van der Waals surface area (Å²) >= 11 is 0. The molecule has 6 nitrogen and oxygen atoms in total. The zero-order chi connectivity index (χ0) is 21.3. The highest BCUT2D eigenvalue weighted by atomic mass is 31.2. The van der Waals surface area contributed by atoms with E-state index in [4.69, 9.17) is 9.26 Å². The van der Waals surface area contributed by atoms with Crippen molar-refractivity contribution in [2.24, 2.45) is 0 Å². The van der Waals surface area contributed by atoms with Gasteiger partial charge in [-0.15, -0.1) is 0 Å². The van der Waals surface area contributed by atoms with Crippen LogP contribution in [0.3, 0.4) is 0 Å². The third-order valence-electron chi connectivity index (χ3n) is 4.68. The van der Waals surface area contributed by atoms with E-state index in [1.165, 1.54) is 51.4 Å². The molecule has 0 aromatic heterocycles. The minimum atomic E-state index is -3.88. The van der Waals surface area contributed by atoms with Crippen LogP contribution in [0, 0.1) is 0 Å². The van der Waals surface area contributed by atoms with Crippen molar-refractivity contribution < 1.29 is 28.3 Å². The van der Waals surface area contributed by atoms with Gasteiger partial charge in [-0.25, -0.2) is 0 Å². The number of unbranched alkanes of at least 4 members (excludes halogenated alkanes) is 9. The van der Waals surface area contributed by atoms with Crippen LogP contribution >= 0.6 is 7.60 Å². The standard InChI is InChI=1S/C21H46NO5P/c1-5-6-7-8-9-10-11-12-13-14-17-26-19-21(23)20-27-28(24,25)18-15-16-22(2,3)4/h21,23H,5-20H2,1-4H3/t21-/m0/s1. The number of rotatable bonds is 20. The van der Waals surface area contributed by atoms with Crippen molar-refractivity contribution in [1.82, 2.24) is 0 Å². The number of hydrogen-bond donors (Lipinski definition) is 1. The van der Waals surface area contributed by atoms with E-state index >= 15 is 0 Å². The molecular formula is C21H46NO5P. The van der Waals surface area contributed by atoms with Gasteiger partial charge in [0.2, 0.25) is 0 Å². The molecule has 2 atom stereocenters. The van der Waals surface area contributed by atoms with Crippen LogP contribution in [0.15, 0.2) is 0 Å². The Hall–Kier alpha value is 0.0300. The summed E-state index contributed by atoms with van der Waals surface area (Å²) in [4.78, 5) is 11.8. The molecule has 0 aliphatic heterocycles. The zero-order valence-corrected chi connectivity index (χ0v) is 19.8. The smallest absolute Gasteiger partial charge is 0.135 e. The summed E-state index contributed by atoms with van der Waals surface area (Å²) in [6, 6.07) is 0. The molecule has 0 radical (unpaired) electrons. The number of aliphatic hydroxyl groups is 1. The van der Waals surface area contributed by atoms with Crippen LogP contribution in [0.1, 0.15) is 77.6 Å². The first kappa shape index (κ1) is 28.0. The van der Waals surface area contributed by atoms with Crippen LogP contribution in [0.5, 0.6) is 0 Å². The Kier molecular flexibility index (Phi) is 16.8. The van der Waals surface area contributed by atoms with Crippen LogP contribution in [0.2, 0.25) is 0 Å². The van der Waals surface area contributed by atoms with Gasteiger partial charge in [-0.3, -0.25) is 0 Å². The van der Waals surface area contributed by atoms with Gasteiger partial charge in [-0.2, -0.15) is 0 Å². The van der Waals surface area contributed by atoms with Gasteiger partial charge in [-0.1, -0.05) is 64.7 Å². The Balaban J connectivity index is 3.49. The molecule has 0 saturated carbocycles. The Morgan fingerprint density at radius 2 is 1.43 bits per heavy atom. The van der Waals surface area contributed by atoms with Gasteiger partial charge in [-0.05, 0) is 6.42 Å². The fourth-order valence-corrected chi connectivity index (χ4v) is 4.02. The van der Waals surface area contributed by atoms with Crippen LogP contribution in [-0.4, -0.2) is 69.4 Å². The van der Waals surface area contributed by atoms with Crippen molar-refractivity contribution in [1.29, 1.82) is 0 Å². The lowest BCUT2D eigenvalue weighted by atomic mass is 10.1. The summed E-state index contributed by atoms with van der Waals surface area (Å²) in [7, 11) is 2.18. The quantitative estimate of drug-likeness (QED) is 0.182. The van der Waals surface area contributed by atoms with Crippen LogP contribution < -0.4 is 4.89 Å². The van der Waals surface area contributed by atoms with Gasteiger partial charge >= 0.3 is 0 Å². The first-order valence-corrected chi connectivity index (χ1v) is 12.9. The first-order chi connectivity index (χ1) is 13.2. The molecule has 1 unspecified atom stereocenters. The van der Waals surface area contributed by atoms with Gasteiger partial charge in [0.05, 0.1) is 40.9 Å². The summed E-state index contributed by atoms with van der Waals surface area (Å²) < 4.78 is 22.9. The second-order valence-corrected chi connectivity index (χ2v) is 10.8. The van der Waals surface area contributed by atoms with Crippen molar-refractivity contribution in [3.8, 4) is 0 Å². The monoisotopic (exact) mass is 423 g/mol. The summed E-state index contributed by atoms with van der Waals surface area (Å²) in [5, 5.41) is 9.82. The lowest BCUT2D eigenvalue weighted by molar-refractivity contribution is -0.870. The minimum Gasteiger partial charge on any atom is -0.778 e. The second-order valence-electron chi connectivity index (χ2n) is 8.91. The van der Waals surface area contributed by atoms with E-state index in [2.05, 4.69) is 6.92 Å². The first-order valence-electron chi connectivity index (χ1n) is 11.2. The molecule has 0 aromatic rings. The summed E-state index contributed by atoms with van der Waals surface area (Å²) in [5.41, 5.74) is 0. The molecule has 0 bridgehead atoms. The largest absolute Gasteiger partial charge is 0.778 e. The Morgan fingerprint density at radius 1 is 0.893 bits per heavy atom. The Bertz CT molecular complexity index is 401. The Morgan fingerprint density at radius 3 is 1.96 bits per heavy atom. The molecule has 0 spiro atoms. The van der Waals surface area contributed by atoms with E-state index in [1.807, 2.05) is 21.1 Å². The van der Waals surface area contributed by atoms with Crippen molar-refractivity contribution in [3.63, 3.8) is 0 Å². The molecule has 0 heterocycles. The number of quaternary nitrogens is 1. The van der Waals surface area contributed by atoms with Crippen LogP contribution in [-0.2, 0) is 13.8 Å². The maximum Gasteiger partial charge on any atom is 0.135 e. The number of nitrogens with zero attached hydrogens (tertiary/aromatic N) is 1. The predicted molar refractivity (Wildman–Crippen MR) is 115 cm³/mol. The average Bonchev–Trinajstić information content (AvgIpc) is 2.59. The average molecular weight is 424 g/mol. The molecule has 0 rings (SSSR count). The lowest BCUT2D eigenvalue weighted by Gasteiger charge is -2.28. The van der Waals surface area contributed by atoms with E-state index in [0.29, 0.717) is 13.0 Å². The van der Waals surface area contributed by atoms with E-state index in [-0.39, 0.29) is 19.4 Å². The van der Waals surface area contributed by atoms with Gasteiger partial charge in [0.15, 0.2) is 0 Å². The van der Waals surface area contributed by atoms with Gasteiger partial charge < -0.3 is 28.3 Å². The molecule has 0 fully saturated rings. The summed E-state index contributed by atoms with van der Waals surface area (Å²) in [6.45, 7) is 3.51. The van der Waals surface area contributed by atoms with E-state index in [1.54, 1.807) is 0 Å². The fraction of sp³-hybridized carbons (Fsp3) is 1.00. The fourth-order valence-electron chi connectivity index (χ4n) is 2.96. The zero-order valence-electron chi connectivity index (χ0n) is 18.9. The molecule has 28 heavy (non-hydrogen) atoms.